The molecule has 4 aromatic rings. The van der Waals surface area contributed by atoms with Crippen molar-refractivity contribution < 1.29 is 9.90 Å². The van der Waals surface area contributed by atoms with Gasteiger partial charge in [-0.1, -0.05) is 35.6 Å². The highest BCUT2D eigenvalue weighted by Crippen LogP contribution is 2.15. The highest BCUT2D eigenvalue weighted by Gasteiger charge is 2.10. The van der Waals surface area contributed by atoms with E-state index < -0.39 is 5.97 Å². The second-order valence-electron chi connectivity index (χ2n) is 5.06. The molecule has 0 radical (unpaired) electrons. The molecule has 2 aromatic carbocycles. The number of rotatable bonds is 2. The molecule has 0 saturated carbocycles. The van der Waals surface area contributed by atoms with Crippen molar-refractivity contribution in [1.29, 1.82) is 0 Å². The second-order valence-corrected chi connectivity index (χ2v) is 6.07. The fraction of sp³-hybridized carbons (Fsp3) is 0. The predicted octanol–water partition coefficient (Wildman–Crippen LogP) is 2.16. The van der Waals surface area contributed by atoms with Crippen LogP contribution in [0.3, 0.4) is 0 Å². The number of carboxylic acid groups (broad SMARTS) is 1. The van der Waals surface area contributed by atoms with Crippen molar-refractivity contribution in [2.45, 2.75) is 0 Å². The summed E-state index contributed by atoms with van der Waals surface area (Å²) in [5, 5.41) is 8.91. The zero-order chi connectivity index (χ0) is 16.0. The smallest absolute Gasteiger partial charge is 0.335 e. The molecule has 5 nitrogen and oxygen atoms in total. The summed E-state index contributed by atoms with van der Waals surface area (Å²) >= 11 is 1.32. The minimum absolute atomic E-state index is 0.110. The fourth-order valence-electron chi connectivity index (χ4n) is 2.49. The predicted molar refractivity (Wildman–Crippen MR) is 89.0 cm³/mol. The van der Waals surface area contributed by atoms with E-state index in [1.165, 1.54) is 23.5 Å². The van der Waals surface area contributed by atoms with Gasteiger partial charge in [-0.05, 0) is 35.9 Å². The normalized spacial score (nSPS) is 12.3. The lowest BCUT2D eigenvalue weighted by Gasteiger charge is -1.94. The van der Waals surface area contributed by atoms with E-state index in [-0.39, 0.29) is 11.1 Å². The van der Waals surface area contributed by atoms with Crippen molar-refractivity contribution in [3.05, 3.63) is 74.5 Å². The molecule has 0 bridgehead atoms. The van der Waals surface area contributed by atoms with Gasteiger partial charge in [-0.3, -0.25) is 4.79 Å². The Hall–Kier alpha value is -2.99. The third kappa shape index (κ3) is 2.20. The van der Waals surface area contributed by atoms with Crippen LogP contribution in [0.15, 0.2) is 53.3 Å². The van der Waals surface area contributed by atoms with Gasteiger partial charge in [0.1, 0.15) is 0 Å². The number of hydrogen-bond donors (Lipinski definition) is 1. The molecule has 0 aliphatic heterocycles. The Kier molecular flexibility index (Phi) is 2.99. The maximum Gasteiger partial charge on any atom is 0.335 e. The molecule has 6 heteroatoms. The summed E-state index contributed by atoms with van der Waals surface area (Å²) in [7, 11) is 0. The standard InChI is InChI=1S/C17H10N2O3S/c20-15-14(9-10-5-7-11(8-6-10)16(21)22)23-17-18-12-3-1-2-4-13(12)19(15)17/h1-9H,(H,21,22). The van der Waals surface area contributed by atoms with Crippen LogP contribution in [0.5, 0.6) is 0 Å². The molecule has 0 saturated heterocycles. The van der Waals surface area contributed by atoms with Gasteiger partial charge in [0.05, 0.1) is 21.1 Å². The molecule has 2 aromatic heterocycles. The van der Waals surface area contributed by atoms with Crippen molar-refractivity contribution in [3.63, 3.8) is 0 Å². The maximum atomic E-state index is 12.6. The van der Waals surface area contributed by atoms with Crippen molar-refractivity contribution >= 4 is 39.4 Å². The Morgan fingerprint density at radius 3 is 2.61 bits per heavy atom. The van der Waals surface area contributed by atoms with E-state index in [1.54, 1.807) is 22.6 Å². The van der Waals surface area contributed by atoms with Gasteiger partial charge in [0, 0.05) is 0 Å². The number of hydrogen-bond acceptors (Lipinski definition) is 4. The molecule has 0 amide bonds. The van der Waals surface area contributed by atoms with Crippen LogP contribution in [0.1, 0.15) is 15.9 Å². The lowest BCUT2D eigenvalue weighted by atomic mass is 10.1. The van der Waals surface area contributed by atoms with Crippen molar-refractivity contribution in [2.75, 3.05) is 0 Å². The molecule has 0 atom stereocenters. The number of thiazole rings is 1. The maximum absolute atomic E-state index is 12.6. The number of para-hydroxylation sites is 2. The molecule has 0 fully saturated rings. The third-order valence-corrected chi connectivity index (χ3v) is 4.57. The number of carboxylic acids is 1. The van der Waals surface area contributed by atoms with Crippen molar-refractivity contribution in [2.24, 2.45) is 0 Å². The Morgan fingerprint density at radius 1 is 1.13 bits per heavy atom. The lowest BCUT2D eigenvalue weighted by molar-refractivity contribution is 0.0697. The first kappa shape index (κ1) is 13.7. The molecule has 0 spiro atoms. The van der Waals surface area contributed by atoms with Crippen LogP contribution in [0, 0.1) is 0 Å². The summed E-state index contributed by atoms with van der Waals surface area (Å²) in [5.41, 5.74) is 2.48. The molecular formula is C17H10N2O3S. The molecule has 0 aliphatic rings. The zero-order valence-electron chi connectivity index (χ0n) is 11.8. The highest BCUT2D eigenvalue weighted by atomic mass is 32.1. The number of imidazole rings is 1. The molecular weight excluding hydrogens is 312 g/mol. The van der Waals surface area contributed by atoms with E-state index in [1.807, 2.05) is 24.3 Å². The van der Waals surface area contributed by atoms with E-state index in [0.29, 0.717) is 9.49 Å². The summed E-state index contributed by atoms with van der Waals surface area (Å²) in [6.07, 6.45) is 1.75. The van der Waals surface area contributed by atoms with Crippen molar-refractivity contribution in [1.82, 2.24) is 9.38 Å². The molecule has 0 aliphatic carbocycles. The monoisotopic (exact) mass is 322 g/mol. The van der Waals surface area contributed by atoms with Crippen LogP contribution >= 0.6 is 11.3 Å². The fourth-order valence-corrected chi connectivity index (χ4v) is 3.47. The quantitative estimate of drug-likeness (QED) is 0.614. The summed E-state index contributed by atoms with van der Waals surface area (Å²) in [6, 6.07) is 13.9. The number of benzene rings is 2. The molecule has 0 unspecified atom stereocenters. The van der Waals surface area contributed by atoms with E-state index in [2.05, 4.69) is 4.98 Å². The van der Waals surface area contributed by atoms with Crippen LogP contribution in [0.25, 0.3) is 22.1 Å². The van der Waals surface area contributed by atoms with Gasteiger partial charge in [-0.2, -0.15) is 0 Å². The Bertz CT molecular complexity index is 1160. The van der Waals surface area contributed by atoms with E-state index in [9.17, 15) is 9.59 Å². The van der Waals surface area contributed by atoms with E-state index in [4.69, 9.17) is 5.11 Å². The van der Waals surface area contributed by atoms with Gasteiger partial charge >= 0.3 is 5.97 Å². The van der Waals surface area contributed by atoms with Crippen LogP contribution in [0.4, 0.5) is 0 Å². The third-order valence-electron chi connectivity index (χ3n) is 3.60. The van der Waals surface area contributed by atoms with E-state index >= 15 is 0 Å². The Morgan fingerprint density at radius 2 is 1.87 bits per heavy atom. The van der Waals surface area contributed by atoms with Crippen LogP contribution in [-0.2, 0) is 0 Å². The van der Waals surface area contributed by atoms with Gasteiger partial charge in [-0.15, -0.1) is 0 Å². The first-order chi connectivity index (χ1) is 11.1. The number of carbonyl (C=O) groups is 1. The Labute approximate surface area is 133 Å². The number of aromatic nitrogens is 2. The van der Waals surface area contributed by atoms with Gasteiger partial charge < -0.3 is 5.11 Å². The molecule has 23 heavy (non-hydrogen) atoms. The first-order valence-corrected chi connectivity index (χ1v) is 7.70. The van der Waals surface area contributed by atoms with Crippen LogP contribution in [-0.4, -0.2) is 20.5 Å². The largest absolute Gasteiger partial charge is 0.478 e. The van der Waals surface area contributed by atoms with Crippen LogP contribution in [0.2, 0.25) is 0 Å². The average Bonchev–Trinajstić information content (AvgIpc) is 3.05. The van der Waals surface area contributed by atoms with Gasteiger partial charge in [-0.25, -0.2) is 14.2 Å². The van der Waals surface area contributed by atoms with Gasteiger partial charge in [0.25, 0.3) is 5.56 Å². The Balaban J connectivity index is 1.90. The molecule has 4 rings (SSSR count). The SMILES string of the molecule is O=C(O)c1ccc(C=c2sc3nc4ccccc4n3c2=O)cc1. The molecule has 2 heterocycles. The lowest BCUT2D eigenvalue weighted by Crippen LogP contribution is -2.22. The first-order valence-electron chi connectivity index (χ1n) is 6.88. The molecule has 1 N–H and O–H groups in total. The summed E-state index contributed by atoms with van der Waals surface area (Å²) < 4.78 is 2.18. The minimum Gasteiger partial charge on any atom is -0.478 e. The zero-order valence-corrected chi connectivity index (χ0v) is 12.6. The van der Waals surface area contributed by atoms with Crippen LogP contribution < -0.4 is 10.1 Å². The summed E-state index contributed by atoms with van der Waals surface area (Å²) in [6.45, 7) is 0. The van der Waals surface area contributed by atoms with Gasteiger partial charge in [0.15, 0.2) is 4.96 Å². The number of nitrogens with zero attached hydrogens (tertiary/aromatic N) is 2. The van der Waals surface area contributed by atoms with Crippen molar-refractivity contribution in [3.8, 4) is 0 Å². The second kappa shape index (κ2) is 5.03. The van der Waals surface area contributed by atoms with E-state index in [0.717, 1.165) is 16.6 Å². The summed E-state index contributed by atoms with van der Waals surface area (Å²) in [4.78, 5) is 28.6. The highest BCUT2D eigenvalue weighted by molar-refractivity contribution is 7.15. The minimum atomic E-state index is -0.970. The van der Waals surface area contributed by atoms with Gasteiger partial charge in [0.2, 0.25) is 0 Å². The summed E-state index contributed by atoms with van der Waals surface area (Å²) in [5.74, 6) is -0.970. The topological polar surface area (TPSA) is 71.7 Å². The number of fused-ring (bicyclic) bond motifs is 3. The average molecular weight is 322 g/mol. The molecule has 112 valence electrons. The number of aromatic carboxylic acids is 1.